The van der Waals surface area contributed by atoms with E-state index in [4.69, 9.17) is 14.2 Å². The van der Waals surface area contributed by atoms with Crippen LogP contribution in [0.1, 0.15) is 40.0 Å². The zero-order valence-corrected chi connectivity index (χ0v) is 16.4. The molecule has 1 fully saturated rings. The smallest absolute Gasteiger partial charge is 0.334 e. The van der Waals surface area contributed by atoms with Crippen LogP contribution in [0.3, 0.4) is 0 Å². The Hall–Kier alpha value is -2.21. The SMILES string of the molecule is C=C1C(=O)OC2/C=C(/C)CCC=C(C=O)C(OC)C(OC(=O)C(C)CC)C12. The van der Waals surface area contributed by atoms with Gasteiger partial charge >= 0.3 is 11.9 Å². The molecule has 1 saturated heterocycles. The third-order valence-corrected chi connectivity index (χ3v) is 5.27. The molecule has 0 bridgehead atoms. The normalized spacial score (nSPS) is 31.7. The molecule has 0 aromatic heterocycles. The van der Waals surface area contributed by atoms with Crippen molar-refractivity contribution in [3.05, 3.63) is 35.5 Å². The second-order valence-electron chi connectivity index (χ2n) is 7.16. The zero-order valence-electron chi connectivity index (χ0n) is 16.4. The van der Waals surface area contributed by atoms with E-state index in [1.165, 1.54) is 7.11 Å². The third-order valence-electron chi connectivity index (χ3n) is 5.27. The van der Waals surface area contributed by atoms with Crippen LogP contribution in [0.15, 0.2) is 35.5 Å². The summed E-state index contributed by atoms with van der Waals surface area (Å²) in [6.07, 6.45) is 4.05. The van der Waals surface area contributed by atoms with Crippen LogP contribution >= 0.6 is 0 Å². The summed E-state index contributed by atoms with van der Waals surface area (Å²) in [5.74, 6) is -1.86. The first-order valence-electron chi connectivity index (χ1n) is 9.29. The molecule has 0 spiro atoms. The first kappa shape index (κ1) is 21.1. The first-order chi connectivity index (χ1) is 12.8. The van der Waals surface area contributed by atoms with Crippen LogP contribution in [0.25, 0.3) is 0 Å². The van der Waals surface area contributed by atoms with E-state index in [1.807, 2.05) is 19.9 Å². The highest BCUT2D eigenvalue weighted by atomic mass is 16.6. The number of allylic oxidation sites excluding steroid dienone is 2. The number of esters is 2. The van der Waals surface area contributed by atoms with Crippen molar-refractivity contribution in [3.8, 4) is 0 Å². The Balaban J connectivity index is 2.54. The molecule has 0 N–H and O–H groups in total. The highest BCUT2D eigenvalue weighted by Crippen LogP contribution is 2.37. The lowest BCUT2D eigenvalue weighted by atomic mass is 9.83. The van der Waals surface area contributed by atoms with E-state index >= 15 is 0 Å². The van der Waals surface area contributed by atoms with Gasteiger partial charge in [0, 0.05) is 18.3 Å². The molecule has 0 aromatic carbocycles. The molecule has 1 aliphatic heterocycles. The van der Waals surface area contributed by atoms with Gasteiger partial charge in [0.25, 0.3) is 0 Å². The predicted molar refractivity (Wildman–Crippen MR) is 99.8 cm³/mol. The molecule has 2 rings (SSSR count). The molecule has 2 aliphatic rings. The zero-order chi connectivity index (χ0) is 20.1. The summed E-state index contributed by atoms with van der Waals surface area (Å²) in [5, 5.41) is 0. The number of carbonyl (C=O) groups excluding carboxylic acids is 3. The lowest BCUT2D eigenvalue weighted by molar-refractivity contribution is -0.164. The maximum atomic E-state index is 12.5. The summed E-state index contributed by atoms with van der Waals surface area (Å²) in [7, 11) is 1.45. The monoisotopic (exact) mass is 376 g/mol. The number of hydrogen-bond acceptors (Lipinski definition) is 6. The molecule has 1 aliphatic carbocycles. The number of carbonyl (C=O) groups is 3. The van der Waals surface area contributed by atoms with Crippen molar-refractivity contribution in [1.29, 1.82) is 0 Å². The topological polar surface area (TPSA) is 78.9 Å². The fourth-order valence-electron chi connectivity index (χ4n) is 3.39. The van der Waals surface area contributed by atoms with Crippen molar-refractivity contribution in [2.24, 2.45) is 11.8 Å². The van der Waals surface area contributed by atoms with Crippen LogP contribution < -0.4 is 0 Å². The highest BCUT2D eigenvalue weighted by Gasteiger charge is 2.48. The molecule has 5 unspecified atom stereocenters. The van der Waals surface area contributed by atoms with Gasteiger partial charge in [0.05, 0.1) is 11.8 Å². The van der Waals surface area contributed by atoms with Crippen LogP contribution in [0.2, 0.25) is 0 Å². The lowest BCUT2D eigenvalue weighted by Crippen LogP contribution is -2.44. The Morgan fingerprint density at radius 2 is 2.19 bits per heavy atom. The second kappa shape index (κ2) is 9.13. The Morgan fingerprint density at radius 3 is 2.78 bits per heavy atom. The average Bonchev–Trinajstić information content (AvgIpc) is 2.92. The largest absolute Gasteiger partial charge is 0.458 e. The molecule has 5 atom stereocenters. The summed E-state index contributed by atoms with van der Waals surface area (Å²) >= 11 is 0. The third kappa shape index (κ3) is 4.56. The summed E-state index contributed by atoms with van der Waals surface area (Å²) < 4.78 is 16.8. The first-order valence-corrected chi connectivity index (χ1v) is 9.29. The van der Waals surface area contributed by atoms with Gasteiger partial charge in [0.2, 0.25) is 0 Å². The van der Waals surface area contributed by atoms with E-state index in [-0.39, 0.29) is 11.5 Å². The van der Waals surface area contributed by atoms with Gasteiger partial charge in [0.1, 0.15) is 24.6 Å². The van der Waals surface area contributed by atoms with E-state index < -0.39 is 36.2 Å². The van der Waals surface area contributed by atoms with Crippen molar-refractivity contribution >= 4 is 18.2 Å². The van der Waals surface area contributed by atoms with E-state index in [9.17, 15) is 14.4 Å². The fourth-order valence-corrected chi connectivity index (χ4v) is 3.39. The van der Waals surface area contributed by atoms with Gasteiger partial charge < -0.3 is 14.2 Å². The molecule has 6 nitrogen and oxygen atoms in total. The molecular weight excluding hydrogens is 348 g/mol. The van der Waals surface area contributed by atoms with Gasteiger partial charge in [0.15, 0.2) is 0 Å². The van der Waals surface area contributed by atoms with Gasteiger partial charge in [-0.15, -0.1) is 0 Å². The molecule has 148 valence electrons. The van der Waals surface area contributed by atoms with Crippen molar-refractivity contribution in [2.45, 2.75) is 58.3 Å². The quantitative estimate of drug-likeness (QED) is 0.318. The van der Waals surface area contributed by atoms with E-state index in [1.54, 1.807) is 13.0 Å². The van der Waals surface area contributed by atoms with Crippen LogP contribution in [0.4, 0.5) is 0 Å². The van der Waals surface area contributed by atoms with Gasteiger partial charge in [-0.05, 0) is 32.3 Å². The standard InChI is InChI=1S/C21H28O6/c1-6-13(3)20(23)27-19-17-14(4)21(24)26-16(17)10-12(2)8-7-9-15(11-22)18(19)25-5/h9-11,13,16-19H,4,6-8H2,1-3,5H3/b12-10-,15-9?. The molecule has 0 saturated carbocycles. The van der Waals surface area contributed by atoms with E-state index in [0.717, 1.165) is 12.0 Å². The van der Waals surface area contributed by atoms with Gasteiger partial charge in [-0.3, -0.25) is 9.59 Å². The van der Waals surface area contributed by atoms with Crippen LogP contribution in [-0.2, 0) is 28.6 Å². The second-order valence-corrected chi connectivity index (χ2v) is 7.16. The summed E-state index contributed by atoms with van der Waals surface area (Å²) in [6.45, 7) is 9.46. The number of methoxy groups -OCH3 is 1. The molecule has 0 radical (unpaired) electrons. The minimum Gasteiger partial charge on any atom is -0.458 e. The van der Waals surface area contributed by atoms with Crippen LogP contribution in [0, 0.1) is 11.8 Å². The van der Waals surface area contributed by atoms with Crippen molar-refractivity contribution in [1.82, 2.24) is 0 Å². The Bertz CT molecular complexity index is 674. The highest BCUT2D eigenvalue weighted by molar-refractivity contribution is 5.91. The van der Waals surface area contributed by atoms with Crippen molar-refractivity contribution in [3.63, 3.8) is 0 Å². The maximum absolute atomic E-state index is 12.5. The number of ether oxygens (including phenoxy) is 3. The number of hydrogen-bond donors (Lipinski definition) is 0. The summed E-state index contributed by atoms with van der Waals surface area (Å²) in [4.78, 5) is 36.4. The van der Waals surface area contributed by atoms with Crippen LogP contribution in [0.5, 0.6) is 0 Å². The summed E-state index contributed by atoms with van der Waals surface area (Å²) in [6, 6.07) is 0. The van der Waals surface area contributed by atoms with E-state index in [2.05, 4.69) is 6.58 Å². The van der Waals surface area contributed by atoms with Gasteiger partial charge in [-0.2, -0.15) is 0 Å². The Labute approximate surface area is 160 Å². The molecule has 0 aromatic rings. The van der Waals surface area contributed by atoms with E-state index in [0.29, 0.717) is 24.7 Å². The fraction of sp³-hybridized carbons (Fsp3) is 0.571. The molecule has 6 heteroatoms. The van der Waals surface area contributed by atoms with Crippen molar-refractivity contribution in [2.75, 3.05) is 7.11 Å². The molecule has 27 heavy (non-hydrogen) atoms. The molecular formula is C21H28O6. The average molecular weight is 376 g/mol. The predicted octanol–water partition coefficient (Wildman–Crippen LogP) is 2.92. The Morgan fingerprint density at radius 1 is 1.48 bits per heavy atom. The van der Waals surface area contributed by atoms with Crippen molar-refractivity contribution < 1.29 is 28.6 Å². The minimum atomic E-state index is -0.890. The number of aldehydes is 1. The van der Waals surface area contributed by atoms with Gasteiger partial charge in [-0.25, -0.2) is 4.79 Å². The van der Waals surface area contributed by atoms with Gasteiger partial charge in [-0.1, -0.05) is 32.1 Å². The summed E-state index contributed by atoms with van der Waals surface area (Å²) in [5.41, 5.74) is 1.63. The molecule has 0 amide bonds. The lowest BCUT2D eigenvalue weighted by Gasteiger charge is -2.33. The number of rotatable bonds is 5. The van der Waals surface area contributed by atoms with Crippen LogP contribution in [-0.4, -0.2) is 43.6 Å². The Kier molecular flexibility index (Phi) is 7.13. The number of fused-ring (bicyclic) bond motifs is 1. The molecule has 1 heterocycles. The minimum absolute atomic E-state index is 0.221. The maximum Gasteiger partial charge on any atom is 0.334 e.